The van der Waals surface area contributed by atoms with Crippen LogP contribution >= 0.6 is 0 Å². The number of unbranched alkanes of at least 4 members (excludes halogenated alkanes) is 4. The van der Waals surface area contributed by atoms with Gasteiger partial charge in [-0.25, -0.2) is 14.4 Å². The number of esters is 5. The van der Waals surface area contributed by atoms with E-state index in [0.29, 0.717) is 42.7 Å². The number of benzene rings is 3. The lowest BCUT2D eigenvalue weighted by Gasteiger charge is -2.11. The Bertz CT molecular complexity index is 1510. The van der Waals surface area contributed by atoms with Crippen molar-refractivity contribution in [1.82, 2.24) is 0 Å². The quantitative estimate of drug-likeness (QED) is 0.0658. The molecule has 46 heavy (non-hydrogen) atoms. The number of aryl methyl sites for hydroxylation is 1. The van der Waals surface area contributed by atoms with Crippen LogP contribution < -0.4 is 18.9 Å². The van der Waals surface area contributed by atoms with E-state index in [2.05, 4.69) is 13.5 Å². The maximum Gasteiger partial charge on any atom is 0.343 e. The lowest BCUT2D eigenvalue weighted by molar-refractivity contribution is -0.138. The van der Waals surface area contributed by atoms with E-state index in [1.165, 1.54) is 60.7 Å². The molecule has 0 unspecified atom stereocenters. The first-order valence-corrected chi connectivity index (χ1v) is 15.1. The predicted molar refractivity (Wildman–Crippen MR) is 169 cm³/mol. The van der Waals surface area contributed by atoms with Gasteiger partial charge in [-0.3, -0.25) is 9.59 Å². The van der Waals surface area contributed by atoms with E-state index in [0.717, 1.165) is 25.3 Å². The second kappa shape index (κ2) is 18.5. The van der Waals surface area contributed by atoms with Gasteiger partial charge in [0.2, 0.25) is 0 Å². The first-order valence-electron chi connectivity index (χ1n) is 15.1. The second-order valence-electron chi connectivity index (χ2n) is 10.3. The molecule has 0 aliphatic heterocycles. The van der Waals surface area contributed by atoms with Gasteiger partial charge < -0.3 is 23.7 Å². The fourth-order valence-corrected chi connectivity index (χ4v) is 4.11. The minimum atomic E-state index is -0.617. The van der Waals surface area contributed by atoms with Crippen molar-refractivity contribution in [2.75, 3.05) is 6.61 Å². The summed E-state index contributed by atoms with van der Waals surface area (Å²) in [5.74, 6) is -1.23. The molecule has 0 radical (unpaired) electrons. The van der Waals surface area contributed by atoms with Gasteiger partial charge in [0.15, 0.2) is 0 Å². The van der Waals surface area contributed by atoms with Gasteiger partial charge >= 0.3 is 29.8 Å². The Morgan fingerprint density at radius 3 is 1.67 bits per heavy atom. The van der Waals surface area contributed by atoms with Crippen molar-refractivity contribution < 1.29 is 47.7 Å². The topological polar surface area (TPSA) is 132 Å². The van der Waals surface area contributed by atoms with E-state index >= 15 is 0 Å². The van der Waals surface area contributed by atoms with Crippen molar-refractivity contribution in [3.8, 4) is 23.0 Å². The molecule has 0 heterocycles. The lowest BCUT2D eigenvalue weighted by Crippen LogP contribution is -2.11. The van der Waals surface area contributed by atoms with E-state index in [4.69, 9.17) is 23.7 Å². The largest absolute Gasteiger partial charge is 0.463 e. The average Bonchev–Trinajstić information content (AvgIpc) is 3.04. The molecule has 3 aromatic rings. The minimum absolute atomic E-state index is 0.201. The Morgan fingerprint density at radius 2 is 1.15 bits per heavy atom. The summed E-state index contributed by atoms with van der Waals surface area (Å²) in [5, 5.41) is 0. The monoisotopic (exact) mass is 630 g/mol. The van der Waals surface area contributed by atoms with E-state index in [-0.39, 0.29) is 41.6 Å². The highest BCUT2D eigenvalue weighted by atomic mass is 16.6. The average molecular weight is 631 g/mol. The summed E-state index contributed by atoms with van der Waals surface area (Å²) >= 11 is 0. The maximum atomic E-state index is 12.7. The normalized spacial score (nSPS) is 10.4. The molecule has 3 rings (SSSR count). The Hall–Kier alpha value is -5.25. The van der Waals surface area contributed by atoms with Crippen LogP contribution in [0.25, 0.3) is 0 Å². The van der Waals surface area contributed by atoms with E-state index in [1.807, 2.05) is 0 Å². The van der Waals surface area contributed by atoms with Crippen LogP contribution in [0.15, 0.2) is 79.4 Å². The van der Waals surface area contributed by atoms with Crippen molar-refractivity contribution in [3.63, 3.8) is 0 Å². The Morgan fingerprint density at radius 1 is 0.630 bits per heavy atom. The van der Waals surface area contributed by atoms with Gasteiger partial charge in [0.1, 0.15) is 23.0 Å². The van der Waals surface area contributed by atoms with Gasteiger partial charge in [-0.2, -0.15) is 0 Å². The van der Waals surface area contributed by atoms with Gasteiger partial charge in [-0.1, -0.05) is 26.3 Å². The maximum absolute atomic E-state index is 12.7. The zero-order valence-electron chi connectivity index (χ0n) is 26.1. The lowest BCUT2D eigenvalue weighted by atomic mass is 10.2. The third-order valence-electron chi connectivity index (χ3n) is 6.62. The number of rotatable bonds is 17. The van der Waals surface area contributed by atoms with Crippen molar-refractivity contribution in [2.45, 2.75) is 65.2 Å². The molecule has 0 saturated heterocycles. The first kappa shape index (κ1) is 35.2. The van der Waals surface area contributed by atoms with Gasteiger partial charge in [-0.15, -0.1) is 0 Å². The van der Waals surface area contributed by atoms with Crippen LogP contribution in [0.3, 0.4) is 0 Å². The highest BCUT2D eigenvalue weighted by molar-refractivity contribution is 5.92. The summed E-state index contributed by atoms with van der Waals surface area (Å²) in [6, 6.07) is 16.7. The summed E-state index contributed by atoms with van der Waals surface area (Å²) in [6.45, 7) is 7.36. The van der Waals surface area contributed by atoms with Crippen molar-refractivity contribution in [2.24, 2.45) is 0 Å². The molecule has 3 aromatic carbocycles. The fraction of sp³-hybridized carbons (Fsp3) is 0.306. The van der Waals surface area contributed by atoms with Gasteiger partial charge in [0.25, 0.3) is 0 Å². The molecule has 0 N–H and O–H groups in total. The molecule has 0 fully saturated rings. The third-order valence-corrected chi connectivity index (χ3v) is 6.62. The fourth-order valence-electron chi connectivity index (χ4n) is 4.11. The molecule has 10 nitrogen and oxygen atoms in total. The summed E-state index contributed by atoms with van der Waals surface area (Å²) < 4.78 is 26.5. The van der Waals surface area contributed by atoms with Gasteiger partial charge in [0, 0.05) is 18.9 Å². The number of carbonyl (C=O) groups excluding carboxylic acids is 5. The van der Waals surface area contributed by atoms with Gasteiger partial charge in [-0.05, 0) is 105 Å². The molecule has 0 amide bonds. The highest BCUT2D eigenvalue weighted by Gasteiger charge is 2.15. The molecule has 10 heteroatoms. The number of ether oxygens (including phenoxy) is 5. The number of hydrogen-bond acceptors (Lipinski definition) is 10. The molecule has 0 aromatic heterocycles. The summed E-state index contributed by atoms with van der Waals surface area (Å²) in [4.78, 5) is 60.3. The molecule has 0 bridgehead atoms. The number of hydrogen-bond donors (Lipinski definition) is 0. The second-order valence-corrected chi connectivity index (χ2v) is 10.3. The van der Waals surface area contributed by atoms with Crippen molar-refractivity contribution in [1.29, 1.82) is 0 Å². The van der Waals surface area contributed by atoms with Crippen LogP contribution in [0, 0.1) is 6.92 Å². The van der Waals surface area contributed by atoms with Crippen LogP contribution in [-0.4, -0.2) is 36.5 Å². The van der Waals surface area contributed by atoms with Gasteiger partial charge in [0.05, 0.1) is 17.7 Å². The summed E-state index contributed by atoms with van der Waals surface area (Å²) in [5.41, 5.74) is 1.09. The summed E-state index contributed by atoms with van der Waals surface area (Å²) in [7, 11) is 0. The molecule has 0 aliphatic rings. The SMILES string of the molecule is C=CC(=O)OCCCCCC(=O)Oc1ccc(C(=O)Oc2ccc(OC(=O)c3ccc(OC(=O)CCCCC)cc3)cc2C)cc1. The van der Waals surface area contributed by atoms with Crippen LogP contribution in [-0.2, 0) is 19.1 Å². The Kier molecular flexibility index (Phi) is 14.2. The zero-order chi connectivity index (χ0) is 33.3. The Balaban J connectivity index is 1.45. The van der Waals surface area contributed by atoms with Crippen LogP contribution in [0.5, 0.6) is 23.0 Å². The molecule has 0 saturated carbocycles. The van der Waals surface area contributed by atoms with Crippen molar-refractivity contribution in [3.05, 3.63) is 96.1 Å². The standard InChI is InChI=1S/C36H38O10/c1-4-6-8-11-33(38)43-28-17-13-26(14-18-28)35(40)45-30-21-22-31(25(3)24-30)46-36(41)27-15-19-29(20-16-27)44-34(39)12-9-7-10-23-42-32(37)5-2/h5,13-22,24H,2,4,6-12,23H2,1,3H3. The Labute approximate surface area is 268 Å². The highest BCUT2D eigenvalue weighted by Crippen LogP contribution is 2.26. The van der Waals surface area contributed by atoms with E-state index in [9.17, 15) is 24.0 Å². The molecular weight excluding hydrogens is 592 g/mol. The van der Waals surface area contributed by atoms with E-state index in [1.54, 1.807) is 13.0 Å². The minimum Gasteiger partial charge on any atom is -0.463 e. The predicted octanol–water partition coefficient (Wildman–Crippen LogP) is 7.11. The number of carbonyl (C=O) groups is 5. The van der Waals surface area contributed by atoms with E-state index < -0.39 is 23.9 Å². The third kappa shape index (κ3) is 12.0. The van der Waals surface area contributed by atoms with Crippen LogP contribution in [0.2, 0.25) is 0 Å². The molecular formula is C36H38O10. The molecule has 0 atom stereocenters. The van der Waals surface area contributed by atoms with Crippen LogP contribution in [0.1, 0.15) is 84.6 Å². The van der Waals surface area contributed by atoms with Crippen LogP contribution in [0.4, 0.5) is 0 Å². The van der Waals surface area contributed by atoms with Crippen molar-refractivity contribution >= 4 is 29.8 Å². The molecule has 0 spiro atoms. The molecule has 242 valence electrons. The first-order chi connectivity index (χ1) is 22.2. The summed E-state index contributed by atoms with van der Waals surface area (Å²) in [6.07, 6.45) is 6.29. The molecule has 0 aliphatic carbocycles. The smallest absolute Gasteiger partial charge is 0.343 e. The zero-order valence-corrected chi connectivity index (χ0v) is 26.1.